The highest BCUT2D eigenvalue weighted by Gasteiger charge is 2.40. The molecule has 6 nitrogen and oxygen atoms in total. The summed E-state index contributed by atoms with van der Waals surface area (Å²) in [5, 5.41) is 1.58. The fraction of sp³-hybridized carbons (Fsp3) is 0.500. The molecular weight excluding hydrogens is 446 g/mol. The number of halogens is 2. The van der Waals surface area contributed by atoms with E-state index < -0.39 is 5.60 Å². The molecule has 3 heterocycles. The number of amides is 1. The van der Waals surface area contributed by atoms with Crippen LogP contribution in [-0.4, -0.2) is 53.4 Å². The molecule has 2 aliphatic rings. The molecule has 0 unspecified atom stereocenters. The largest absolute Gasteiger partial charge is 0.488 e. The topological polar surface area (TPSA) is 54.9 Å². The van der Waals surface area contributed by atoms with E-state index in [9.17, 15) is 4.79 Å². The van der Waals surface area contributed by atoms with E-state index in [2.05, 4.69) is 25.8 Å². The van der Waals surface area contributed by atoms with Crippen molar-refractivity contribution in [3.05, 3.63) is 27.8 Å². The van der Waals surface area contributed by atoms with Gasteiger partial charge in [0.1, 0.15) is 12.2 Å². The van der Waals surface area contributed by atoms with Gasteiger partial charge in [-0.1, -0.05) is 11.6 Å². The zero-order valence-corrected chi connectivity index (χ0v) is 18.7. The van der Waals surface area contributed by atoms with Crippen LogP contribution in [0.3, 0.4) is 0 Å². The van der Waals surface area contributed by atoms with E-state index in [0.717, 1.165) is 26.8 Å². The van der Waals surface area contributed by atoms with Crippen molar-refractivity contribution in [2.24, 2.45) is 0 Å². The lowest BCUT2D eigenvalue weighted by molar-refractivity contribution is 0.00997. The van der Waals surface area contributed by atoms with Crippen LogP contribution in [0.15, 0.2) is 22.8 Å². The fourth-order valence-corrected chi connectivity index (χ4v) is 4.27. The van der Waals surface area contributed by atoms with E-state index >= 15 is 0 Å². The van der Waals surface area contributed by atoms with Crippen LogP contribution >= 0.6 is 27.5 Å². The zero-order chi connectivity index (χ0) is 20.2. The number of carbonyl (C=O) groups excluding carboxylic acids is 1. The van der Waals surface area contributed by atoms with E-state index in [1.807, 2.05) is 39.8 Å². The third-order valence-corrected chi connectivity index (χ3v) is 6.23. The van der Waals surface area contributed by atoms with Crippen LogP contribution in [-0.2, 0) is 4.74 Å². The third-order valence-electron chi connectivity index (χ3n) is 5.04. The molecule has 2 aromatic rings. The number of pyridine rings is 1. The molecule has 28 heavy (non-hydrogen) atoms. The predicted octanol–water partition coefficient (Wildman–Crippen LogP) is 4.86. The second-order valence-electron chi connectivity index (χ2n) is 8.35. The van der Waals surface area contributed by atoms with Gasteiger partial charge in [0.2, 0.25) is 0 Å². The molecule has 8 heteroatoms. The Morgan fingerprint density at radius 1 is 1.36 bits per heavy atom. The monoisotopic (exact) mass is 467 g/mol. The number of fused-ring (bicyclic) bond motifs is 5. The minimum absolute atomic E-state index is 0.00573. The summed E-state index contributed by atoms with van der Waals surface area (Å²) in [7, 11) is 0. The van der Waals surface area contributed by atoms with Gasteiger partial charge in [-0.2, -0.15) is 0 Å². The number of anilines is 1. The van der Waals surface area contributed by atoms with Gasteiger partial charge < -0.3 is 19.3 Å². The Balaban J connectivity index is 1.69. The van der Waals surface area contributed by atoms with Crippen molar-refractivity contribution in [3.8, 4) is 5.75 Å². The van der Waals surface area contributed by atoms with E-state index in [0.29, 0.717) is 24.7 Å². The lowest BCUT2D eigenvalue weighted by Gasteiger charge is -2.48. The molecule has 0 aliphatic carbocycles. The van der Waals surface area contributed by atoms with Gasteiger partial charge >= 0.3 is 6.09 Å². The Morgan fingerprint density at radius 3 is 2.82 bits per heavy atom. The van der Waals surface area contributed by atoms with Crippen molar-refractivity contribution in [1.29, 1.82) is 0 Å². The average molecular weight is 469 g/mol. The van der Waals surface area contributed by atoms with Gasteiger partial charge in [0.15, 0.2) is 5.75 Å². The average Bonchev–Trinajstić information content (AvgIpc) is 2.60. The molecule has 0 N–H and O–H groups in total. The van der Waals surface area contributed by atoms with Crippen LogP contribution in [0.4, 0.5) is 10.5 Å². The van der Waals surface area contributed by atoms with Crippen molar-refractivity contribution < 1.29 is 14.3 Å². The molecule has 1 aromatic carbocycles. The van der Waals surface area contributed by atoms with Crippen molar-refractivity contribution >= 4 is 50.2 Å². The fourth-order valence-electron chi connectivity index (χ4n) is 3.77. The second kappa shape index (κ2) is 6.95. The van der Waals surface area contributed by atoms with E-state index in [1.54, 1.807) is 11.1 Å². The normalized spacial score (nSPS) is 21.8. The second-order valence-corrected chi connectivity index (χ2v) is 9.61. The maximum absolute atomic E-state index is 12.7. The zero-order valence-electron chi connectivity index (χ0n) is 16.3. The minimum Gasteiger partial charge on any atom is -0.488 e. The lowest BCUT2D eigenvalue weighted by atomic mass is 10.0. The first kappa shape index (κ1) is 19.6. The number of carbonyl (C=O) groups is 1. The summed E-state index contributed by atoms with van der Waals surface area (Å²) < 4.78 is 12.4. The van der Waals surface area contributed by atoms with Gasteiger partial charge in [-0.15, -0.1) is 0 Å². The molecule has 1 aromatic heterocycles. The number of ether oxygens (including phenoxy) is 2. The van der Waals surface area contributed by atoms with Crippen LogP contribution in [0.2, 0.25) is 5.02 Å². The molecule has 0 bridgehead atoms. The van der Waals surface area contributed by atoms with Gasteiger partial charge in [0, 0.05) is 29.0 Å². The maximum Gasteiger partial charge on any atom is 0.410 e. The molecule has 0 radical (unpaired) electrons. The number of hydrogen-bond donors (Lipinski definition) is 0. The number of nitrogens with zero attached hydrogens (tertiary/aromatic N) is 3. The number of aromatic nitrogens is 1. The van der Waals surface area contributed by atoms with Gasteiger partial charge in [0.25, 0.3) is 0 Å². The quantitative estimate of drug-likeness (QED) is 0.553. The molecule has 0 spiro atoms. The first-order chi connectivity index (χ1) is 13.1. The minimum atomic E-state index is -0.518. The Bertz CT molecular complexity index is 946. The molecular formula is C20H23BrClN3O3. The summed E-state index contributed by atoms with van der Waals surface area (Å²) in [6.07, 6.45) is 1.48. The Hall–Kier alpha value is -1.73. The summed E-state index contributed by atoms with van der Waals surface area (Å²) in [4.78, 5) is 21.3. The third kappa shape index (κ3) is 3.50. The highest BCUT2D eigenvalue weighted by Crippen LogP contribution is 2.43. The molecule has 1 saturated heterocycles. The van der Waals surface area contributed by atoms with Crippen LogP contribution in [0, 0.1) is 0 Å². The van der Waals surface area contributed by atoms with E-state index in [4.69, 9.17) is 21.1 Å². The predicted molar refractivity (Wildman–Crippen MR) is 113 cm³/mol. The molecule has 4 rings (SSSR count). The summed E-state index contributed by atoms with van der Waals surface area (Å²) in [6, 6.07) is 3.89. The van der Waals surface area contributed by atoms with Gasteiger partial charge in [0.05, 0.1) is 28.5 Å². The van der Waals surface area contributed by atoms with Crippen molar-refractivity contribution in [2.75, 3.05) is 24.6 Å². The summed E-state index contributed by atoms with van der Waals surface area (Å²) in [6.45, 7) is 9.42. The van der Waals surface area contributed by atoms with Crippen LogP contribution in [0.5, 0.6) is 5.75 Å². The van der Waals surface area contributed by atoms with Crippen molar-refractivity contribution in [1.82, 2.24) is 9.88 Å². The van der Waals surface area contributed by atoms with Crippen molar-refractivity contribution in [2.45, 2.75) is 45.4 Å². The summed E-state index contributed by atoms with van der Waals surface area (Å²) in [5.74, 6) is 0.750. The van der Waals surface area contributed by atoms with E-state index in [-0.39, 0.29) is 18.2 Å². The van der Waals surface area contributed by atoms with Crippen molar-refractivity contribution in [3.63, 3.8) is 0 Å². The summed E-state index contributed by atoms with van der Waals surface area (Å²) >= 11 is 9.82. The standard InChI is InChI=1S/C20H23BrClN3O3/c1-11-8-25-12(9-24(11)19(26)28-20(2,3)4)10-27-17-7-23-16-6-14(21)15(22)5-13(16)18(17)25/h5-7,11-12H,8-10H2,1-4H3/t11-,12-/m1/s1. The molecule has 1 fully saturated rings. The number of rotatable bonds is 0. The van der Waals surface area contributed by atoms with Crippen LogP contribution < -0.4 is 9.64 Å². The van der Waals surface area contributed by atoms with Crippen LogP contribution in [0.25, 0.3) is 10.9 Å². The van der Waals surface area contributed by atoms with Gasteiger partial charge in [-0.25, -0.2) is 4.79 Å². The maximum atomic E-state index is 12.7. The molecule has 0 saturated carbocycles. The number of hydrogen-bond acceptors (Lipinski definition) is 5. The first-order valence-electron chi connectivity index (χ1n) is 9.31. The first-order valence-corrected chi connectivity index (χ1v) is 10.5. The Labute approximate surface area is 177 Å². The van der Waals surface area contributed by atoms with Crippen LogP contribution in [0.1, 0.15) is 27.7 Å². The van der Waals surface area contributed by atoms with E-state index in [1.165, 1.54) is 0 Å². The highest BCUT2D eigenvalue weighted by atomic mass is 79.9. The Kier molecular flexibility index (Phi) is 4.86. The molecule has 2 aliphatic heterocycles. The van der Waals surface area contributed by atoms with Gasteiger partial charge in [-0.3, -0.25) is 4.98 Å². The SMILES string of the molecule is C[C@@H]1CN2c3c(cnc4cc(Br)c(Cl)cc34)OC[C@H]2CN1C(=O)OC(C)(C)C. The highest BCUT2D eigenvalue weighted by molar-refractivity contribution is 9.10. The number of piperazine rings is 1. The molecule has 2 atom stereocenters. The molecule has 1 amide bonds. The number of benzene rings is 1. The molecule has 150 valence electrons. The Morgan fingerprint density at radius 2 is 2.11 bits per heavy atom. The summed E-state index contributed by atoms with van der Waals surface area (Å²) in [5.41, 5.74) is 1.32. The van der Waals surface area contributed by atoms with Gasteiger partial charge in [-0.05, 0) is 55.8 Å². The lowest BCUT2D eigenvalue weighted by Crippen LogP contribution is -2.62. The smallest absolute Gasteiger partial charge is 0.410 e.